The molecule has 0 aliphatic carbocycles. The molecule has 0 nitrogen and oxygen atoms in total. The van der Waals surface area contributed by atoms with Crippen molar-refractivity contribution in [1.82, 2.24) is 0 Å². The lowest BCUT2D eigenvalue weighted by Crippen LogP contribution is -1.92. The molecule has 0 N–H and O–H groups in total. The van der Waals surface area contributed by atoms with Crippen LogP contribution in [0.5, 0.6) is 0 Å². The van der Waals surface area contributed by atoms with Crippen LogP contribution < -0.4 is 0 Å². The van der Waals surface area contributed by atoms with Crippen LogP contribution in [0.4, 0.5) is 0 Å². The third-order valence-corrected chi connectivity index (χ3v) is 11.4. The van der Waals surface area contributed by atoms with Crippen LogP contribution in [0.2, 0.25) is 0 Å². The molecule has 0 saturated carbocycles. The monoisotopic (exact) mass is 682 g/mol. The van der Waals surface area contributed by atoms with Gasteiger partial charge in [-0.3, -0.25) is 0 Å². The molecule has 11 aromatic rings. The van der Waals surface area contributed by atoms with E-state index in [2.05, 4.69) is 206 Å². The molecule has 11 aromatic carbocycles. The van der Waals surface area contributed by atoms with Crippen molar-refractivity contribution in [2.75, 3.05) is 0 Å². The average molecular weight is 683 g/mol. The van der Waals surface area contributed by atoms with E-state index in [-0.39, 0.29) is 0 Å². The number of benzene rings is 11. The lowest BCUT2D eigenvalue weighted by Gasteiger charge is -2.19. The second kappa shape index (κ2) is 12.3. The van der Waals surface area contributed by atoms with Gasteiger partial charge in [-0.25, -0.2) is 0 Å². The molecular formula is C54H34. The number of hydrogen-bond acceptors (Lipinski definition) is 0. The Kier molecular flexibility index (Phi) is 6.97. The van der Waals surface area contributed by atoms with Gasteiger partial charge in [0.25, 0.3) is 0 Å². The van der Waals surface area contributed by atoms with Crippen molar-refractivity contribution in [3.63, 3.8) is 0 Å². The fourth-order valence-corrected chi connectivity index (χ4v) is 8.80. The van der Waals surface area contributed by atoms with E-state index in [4.69, 9.17) is 0 Å². The second-order valence-electron chi connectivity index (χ2n) is 14.4. The van der Waals surface area contributed by atoms with Gasteiger partial charge in [0.1, 0.15) is 0 Å². The van der Waals surface area contributed by atoms with Crippen molar-refractivity contribution in [2.24, 2.45) is 0 Å². The Morgan fingerprint density at radius 1 is 0.185 bits per heavy atom. The van der Waals surface area contributed by atoms with E-state index >= 15 is 0 Å². The molecule has 0 aliphatic heterocycles. The molecule has 0 spiro atoms. The van der Waals surface area contributed by atoms with Crippen molar-refractivity contribution in [3.8, 4) is 44.5 Å². The smallest absolute Gasteiger partial charge is 0.00259 e. The summed E-state index contributed by atoms with van der Waals surface area (Å²) in [6.45, 7) is 0. The summed E-state index contributed by atoms with van der Waals surface area (Å²) in [5.41, 5.74) is 9.92. The van der Waals surface area contributed by atoms with Gasteiger partial charge in [-0.2, -0.15) is 0 Å². The standard InChI is InChI=1S/C54H34/c1-3-13-39-31-41(27-21-35(39)11-1)42-29-30-50-52(33-42)54(44-28-22-36-12-2-4-14-40(36)32-44)49-20-10-9-19-48(49)53(50)38-25-23-37(24-26-38)51-34-43-15-5-6-16-45(43)46-17-7-8-18-47(46)51/h1-34H. The van der Waals surface area contributed by atoms with Gasteiger partial charge in [0.2, 0.25) is 0 Å². The van der Waals surface area contributed by atoms with Crippen molar-refractivity contribution in [2.45, 2.75) is 0 Å². The maximum atomic E-state index is 2.43. The fourth-order valence-electron chi connectivity index (χ4n) is 8.80. The van der Waals surface area contributed by atoms with Crippen LogP contribution in [0.25, 0.3) is 109 Å². The minimum absolute atomic E-state index is 1.22. The van der Waals surface area contributed by atoms with E-state index in [0.717, 1.165) is 0 Å². The summed E-state index contributed by atoms with van der Waals surface area (Å²) in [6.07, 6.45) is 0. The van der Waals surface area contributed by atoms with Crippen LogP contribution in [-0.2, 0) is 0 Å². The van der Waals surface area contributed by atoms with Crippen LogP contribution >= 0.6 is 0 Å². The predicted octanol–water partition coefficient (Wildman–Crippen LogP) is 15.3. The largest absolute Gasteiger partial charge is 0.0616 e. The molecule has 0 fully saturated rings. The lowest BCUT2D eigenvalue weighted by molar-refractivity contribution is 1.63. The van der Waals surface area contributed by atoms with Crippen LogP contribution in [-0.4, -0.2) is 0 Å². The van der Waals surface area contributed by atoms with Gasteiger partial charge in [-0.1, -0.05) is 182 Å². The van der Waals surface area contributed by atoms with E-state index in [9.17, 15) is 0 Å². The van der Waals surface area contributed by atoms with Gasteiger partial charge in [0, 0.05) is 0 Å². The molecule has 0 atom stereocenters. The molecule has 0 amide bonds. The molecular weight excluding hydrogens is 649 g/mol. The Labute approximate surface area is 314 Å². The highest BCUT2D eigenvalue weighted by molar-refractivity contribution is 6.22. The molecule has 0 unspecified atom stereocenters. The molecule has 0 bridgehead atoms. The summed E-state index contributed by atoms with van der Waals surface area (Å²) in [7, 11) is 0. The first-order valence-electron chi connectivity index (χ1n) is 18.7. The average Bonchev–Trinajstić information content (AvgIpc) is 3.25. The van der Waals surface area contributed by atoms with Gasteiger partial charge in [-0.15, -0.1) is 0 Å². The highest BCUT2D eigenvalue weighted by atomic mass is 14.2. The van der Waals surface area contributed by atoms with E-state index < -0.39 is 0 Å². The molecule has 0 heteroatoms. The van der Waals surface area contributed by atoms with Crippen LogP contribution in [0.1, 0.15) is 0 Å². The zero-order valence-corrected chi connectivity index (χ0v) is 29.6. The topological polar surface area (TPSA) is 0 Å². The lowest BCUT2D eigenvalue weighted by atomic mass is 9.84. The minimum atomic E-state index is 1.22. The molecule has 11 rings (SSSR count). The summed E-state index contributed by atoms with van der Waals surface area (Å²) < 4.78 is 0. The first-order valence-corrected chi connectivity index (χ1v) is 18.7. The Bertz CT molecular complexity index is 3260. The first-order chi connectivity index (χ1) is 26.8. The van der Waals surface area contributed by atoms with Crippen molar-refractivity contribution >= 4 is 64.6 Å². The molecule has 0 heterocycles. The SMILES string of the molecule is c1ccc2cc(-c3ccc4c(-c5ccc(-c6cc7ccccc7c7ccccc67)cc5)c5ccccc5c(-c5ccc6ccccc6c5)c4c3)ccc2c1. The van der Waals surface area contributed by atoms with E-state index in [1.165, 1.54) is 109 Å². The molecule has 0 radical (unpaired) electrons. The van der Waals surface area contributed by atoms with E-state index in [1.54, 1.807) is 0 Å². The molecule has 0 aromatic heterocycles. The zero-order chi connectivity index (χ0) is 35.6. The third-order valence-electron chi connectivity index (χ3n) is 11.4. The zero-order valence-electron chi connectivity index (χ0n) is 29.6. The summed E-state index contributed by atoms with van der Waals surface area (Å²) in [4.78, 5) is 0. The summed E-state index contributed by atoms with van der Waals surface area (Å²) in [5, 5.41) is 15.2. The van der Waals surface area contributed by atoms with Gasteiger partial charge in [0.05, 0.1) is 0 Å². The van der Waals surface area contributed by atoms with Gasteiger partial charge < -0.3 is 0 Å². The van der Waals surface area contributed by atoms with Crippen molar-refractivity contribution in [3.05, 3.63) is 206 Å². The maximum absolute atomic E-state index is 2.43. The summed E-state index contributed by atoms with van der Waals surface area (Å²) >= 11 is 0. The van der Waals surface area contributed by atoms with E-state index in [0.29, 0.717) is 0 Å². The van der Waals surface area contributed by atoms with Crippen molar-refractivity contribution < 1.29 is 0 Å². The molecule has 0 saturated heterocycles. The van der Waals surface area contributed by atoms with Gasteiger partial charge >= 0.3 is 0 Å². The van der Waals surface area contributed by atoms with Crippen LogP contribution in [0.15, 0.2) is 206 Å². The quantitative estimate of drug-likeness (QED) is 0.128. The van der Waals surface area contributed by atoms with Crippen molar-refractivity contribution in [1.29, 1.82) is 0 Å². The van der Waals surface area contributed by atoms with E-state index in [1.807, 2.05) is 0 Å². The number of rotatable bonds is 4. The van der Waals surface area contributed by atoms with Crippen LogP contribution in [0.3, 0.4) is 0 Å². The Morgan fingerprint density at radius 2 is 0.611 bits per heavy atom. The summed E-state index contributed by atoms with van der Waals surface area (Å²) in [5.74, 6) is 0. The predicted molar refractivity (Wildman–Crippen MR) is 233 cm³/mol. The second-order valence-corrected chi connectivity index (χ2v) is 14.4. The molecule has 54 heavy (non-hydrogen) atoms. The Hall–Kier alpha value is -7.02. The van der Waals surface area contributed by atoms with Crippen LogP contribution in [0, 0.1) is 0 Å². The first kappa shape index (κ1) is 30.6. The Balaban J connectivity index is 1.15. The highest BCUT2D eigenvalue weighted by Crippen LogP contribution is 2.46. The maximum Gasteiger partial charge on any atom is -0.00259 e. The minimum Gasteiger partial charge on any atom is -0.0616 e. The number of fused-ring (bicyclic) bond motifs is 7. The third kappa shape index (κ3) is 4.92. The Morgan fingerprint density at radius 3 is 1.30 bits per heavy atom. The van der Waals surface area contributed by atoms with Gasteiger partial charge in [0.15, 0.2) is 0 Å². The fraction of sp³-hybridized carbons (Fsp3) is 0. The highest BCUT2D eigenvalue weighted by Gasteiger charge is 2.18. The van der Waals surface area contributed by atoms with Gasteiger partial charge in [-0.05, 0) is 133 Å². The normalized spacial score (nSPS) is 11.7. The summed E-state index contributed by atoms with van der Waals surface area (Å²) in [6, 6.07) is 76.2. The number of hydrogen-bond donors (Lipinski definition) is 0. The molecule has 250 valence electrons. The molecule has 0 aliphatic rings.